The van der Waals surface area contributed by atoms with Crippen LogP contribution in [0.3, 0.4) is 0 Å². The summed E-state index contributed by atoms with van der Waals surface area (Å²) < 4.78 is 6.77. The maximum Gasteiger partial charge on any atom is 0.310 e. The molecule has 4 fully saturated rings. The Bertz CT molecular complexity index is 507. The Kier molecular flexibility index (Phi) is 7.05. The summed E-state index contributed by atoms with van der Waals surface area (Å²) in [5.41, 5.74) is 0. The summed E-state index contributed by atoms with van der Waals surface area (Å²) in [6, 6.07) is 1.03. The molecule has 3 nitrogen and oxygen atoms in total. The molecule has 4 heteroatoms. The third-order valence-electron chi connectivity index (χ3n) is 8.26. The maximum absolute atomic E-state index is 13.2. The number of carbonyl (C=O) groups is 1. The number of halogens is 1. The Balaban J connectivity index is 1.40. The predicted molar refractivity (Wildman–Crippen MR) is 118 cm³/mol. The number of ether oxygens (including phenoxy) is 1. The van der Waals surface area contributed by atoms with Crippen LogP contribution in [0.4, 0.5) is 0 Å². The van der Waals surface area contributed by atoms with Crippen molar-refractivity contribution in [3.8, 4) is 0 Å². The standard InChI is InChI=1S/C23H38INO2/c1-2-16-8-9-17(12-20(16)24)19-13-18-10-11-21(25-18)22(19)23(26)27-14-15-6-4-3-5-7-15/h15-22,25H,2-14H2,1H3/t16?,17?,18-,19-,20?,21?,22?/m1/s1. The maximum atomic E-state index is 13.2. The highest BCUT2D eigenvalue weighted by Gasteiger charge is 2.49. The van der Waals surface area contributed by atoms with Crippen LogP contribution in [0, 0.1) is 29.6 Å². The average molecular weight is 487 g/mol. The lowest BCUT2D eigenvalue weighted by Gasteiger charge is -2.44. The molecular weight excluding hydrogens is 449 g/mol. The van der Waals surface area contributed by atoms with Crippen molar-refractivity contribution in [1.82, 2.24) is 5.32 Å². The summed E-state index contributed by atoms with van der Waals surface area (Å²) in [6.45, 7) is 3.02. The van der Waals surface area contributed by atoms with Crippen LogP contribution in [0.25, 0.3) is 0 Å². The van der Waals surface area contributed by atoms with Gasteiger partial charge in [-0.05, 0) is 75.0 Å². The molecule has 2 saturated carbocycles. The summed E-state index contributed by atoms with van der Waals surface area (Å²) >= 11 is 2.69. The molecule has 0 amide bonds. The molecule has 0 aromatic rings. The number of piperidine rings is 1. The smallest absolute Gasteiger partial charge is 0.310 e. The third kappa shape index (κ3) is 4.67. The van der Waals surface area contributed by atoms with Crippen molar-refractivity contribution in [2.45, 2.75) is 100.0 Å². The van der Waals surface area contributed by atoms with Crippen molar-refractivity contribution in [3.63, 3.8) is 0 Å². The molecule has 0 aromatic heterocycles. The molecule has 7 atom stereocenters. The predicted octanol–water partition coefficient (Wildman–Crippen LogP) is 5.50. The van der Waals surface area contributed by atoms with Gasteiger partial charge in [-0.25, -0.2) is 0 Å². The first-order chi connectivity index (χ1) is 13.2. The molecule has 154 valence electrons. The Morgan fingerprint density at radius 1 is 1.04 bits per heavy atom. The lowest BCUT2D eigenvalue weighted by atomic mass is 9.67. The zero-order valence-corrected chi connectivity index (χ0v) is 19.2. The fourth-order valence-electron chi connectivity index (χ4n) is 6.62. The quantitative estimate of drug-likeness (QED) is 0.316. The second-order valence-electron chi connectivity index (χ2n) is 9.86. The molecule has 2 bridgehead atoms. The van der Waals surface area contributed by atoms with Crippen molar-refractivity contribution in [3.05, 3.63) is 0 Å². The zero-order chi connectivity index (χ0) is 18.8. The van der Waals surface area contributed by atoms with Crippen LogP contribution in [0.15, 0.2) is 0 Å². The minimum Gasteiger partial charge on any atom is -0.465 e. The highest BCUT2D eigenvalue weighted by molar-refractivity contribution is 14.1. The fraction of sp³-hybridized carbons (Fsp3) is 0.957. The van der Waals surface area contributed by atoms with Gasteiger partial charge in [-0.1, -0.05) is 55.2 Å². The average Bonchev–Trinajstić information content (AvgIpc) is 3.07. The minimum absolute atomic E-state index is 0.110. The van der Waals surface area contributed by atoms with E-state index in [0.717, 1.165) is 15.8 Å². The van der Waals surface area contributed by atoms with Gasteiger partial charge in [-0.2, -0.15) is 0 Å². The van der Waals surface area contributed by atoms with Crippen molar-refractivity contribution in [2.24, 2.45) is 29.6 Å². The summed E-state index contributed by atoms with van der Waals surface area (Å²) in [5.74, 6) is 3.03. The van der Waals surface area contributed by atoms with Gasteiger partial charge in [0, 0.05) is 16.0 Å². The van der Waals surface area contributed by atoms with Crippen LogP contribution in [-0.2, 0) is 9.53 Å². The molecule has 0 radical (unpaired) electrons. The number of rotatable bonds is 5. The molecule has 2 heterocycles. The van der Waals surface area contributed by atoms with E-state index in [2.05, 4.69) is 34.8 Å². The largest absolute Gasteiger partial charge is 0.465 e. The van der Waals surface area contributed by atoms with Gasteiger partial charge in [0.1, 0.15) is 0 Å². The summed E-state index contributed by atoms with van der Waals surface area (Å²) in [6.07, 6.45) is 15.4. The number of fused-ring (bicyclic) bond motifs is 2. The number of alkyl halides is 1. The van der Waals surface area contributed by atoms with Gasteiger partial charge in [0.2, 0.25) is 0 Å². The van der Waals surface area contributed by atoms with E-state index in [4.69, 9.17) is 4.74 Å². The monoisotopic (exact) mass is 487 g/mol. The minimum atomic E-state index is 0.110. The summed E-state index contributed by atoms with van der Waals surface area (Å²) in [5, 5.41) is 3.76. The van der Waals surface area contributed by atoms with Crippen molar-refractivity contribution in [1.29, 1.82) is 0 Å². The number of carbonyl (C=O) groups excluding carboxylic acids is 1. The SMILES string of the molecule is CCC1CCC([C@H]2C[C@H]3CCC(N3)C2C(=O)OCC2CCCCC2)CC1I. The topological polar surface area (TPSA) is 38.3 Å². The van der Waals surface area contributed by atoms with Crippen LogP contribution in [0.2, 0.25) is 0 Å². The normalized spacial score (nSPS) is 42.8. The van der Waals surface area contributed by atoms with Gasteiger partial charge < -0.3 is 10.1 Å². The highest BCUT2D eigenvalue weighted by atomic mass is 127. The van der Waals surface area contributed by atoms with E-state index in [0.29, 0.717) is 30.5 Å². The second-order valence-corrected chi connectivity index (χ2v) is 11.5. The van der Waals surface area contributed by atoms with Gasteiger partial charge in [-0.15, -0.1) is 0 Å². The molecule has 4 aliphatic rings. The van der Waals surface area contributed by atoms with E-state index in [1.807, 2.05) is 0 Å². The van der Waals surface area contributed by atoms with Crippen molar-refractivity contribution < 1.29 is 9.53 Å². The van der Waals surface area contributed by atoms with Gasteiger partial charge in [0.25, 0.3) is 0 Å². The van der Waals surface area contributed by atoms with Crippen LogP contribution in [0.5, 0.6) is 0 Å². The molecule has 5 unspecified atom stereocenters. The molecule has 4 rings (SSSR count). The van der Waals surface area contributed by atoms with Crippen molar-refractivity contribution in [2.75, 3.05) is 6.61 Å². The Morgan fingerprint density at radius 3 is 2.59 bits per heavy atom. The molecule has 27 heavy (non-hydrogen) atoms. The summed E-state index contributed by atoms with van der Waals surface area (Å²) in [4.78, 5) is 13.2. The lowest BCUT2D eigenvalue weighted by molar-refractivity contribution is -0.156. The number of hydrogen-bond donors (Lipinski definition) is 1. The summed E-state index contributed by atoms with van der Waals surface area (Å²) in [7, 11) is 0. The molecule has 2 saturated heterocycles. The van der Waals surface area contributed by atoms with Crippen LogP contribution in [-0.4, -0.2) is 28.6 Å². The van der Waals surface area contributed by atoms with Gasteiger partial charge >= 0.3 is 5.97 Å². The van der Waals surface area contributed by atoms with Crippen LogP contribution >= 0.6 is 22.6 Å². The van der Waals surface area contributed by atoms with Crippen LogP contribution in [0.1, 0.15) is 84.0 Å². The first-order valence-corrected chi connectivity index (χ1v) is 13.0. The number of esters is 1. The lowest BCUT2D eigenvalue weighted by Crippen LogP contribution is -2.52. The van der Waals surface area contributed by atoms with E-state index >= 15 is 0 Å². The Morgan fingerprint density at radius 2 is 1.85 bits per heavy atom. The van der Waals surface area contributed by atoms with E-state index < -0.39 is 0 Å². The molecule has 0 aromatic carbocycles. The molecule has 0 spiro atoms. The first-order valence-electron chi connectivity index (χ1n) is 11.7. The zero-order valence-electron chi connectivity index (χ0n) is 17.0. The Hall–Kier alpha value is 0.160. The van der Waals surface area contributed by atoms with Gasteiger partial charge in [-0.3, -0.25) is 4.79 Å². The number of hydrogen-bond acceptors (Lipinski definition) is 3. The first kappa shape index (κ1) is 20.4. The van der Waals surface area contributed by atoms with E-state index in [1.165, 1.54) is 77.0 Å². The second kappa shape index (κ2) is 9.32. The van der Waals surface area contributed by atoms with Crippen LogP contribution < -0.4 is 5.32 Å². The van der Waals surface area contributed by atoms with E-state index in [9.17, 15) is 4.79 Å². The molecule has 1 N–H and O–H groups in total. The van der Waals surface area contributed by atoms with Gasteiger partial charge in [0.15, 0.2) is 0 Å². The fourth-order valence-corrected chi connectivity index (χ4v) is 8.15. The highest BCUT2D eigenvalue weighted by Crippen LogP contribution is 2.47. The van der Waals surface area contributed by atoms with Crippen molar-refractivity contribution >= 4 is 28.6 Å². The third-order valence-corrected chi connectivity index (χ3v) is 9.79. The molecule has 2 aliphatic heterocycles. The molecule has 2 aliphatic carbocycles. The van der Waals surface area contributed by atoms with E-state index in [1.54, 1.807) is 0 Å². The van der Waals surface area contributed by atoms with E-state index in [-0.39, 0.29) is 11.9 Å². The number of nitrogens with one attached hydrogen (secondary N) is 1. The molecular formula is C23H38INO2. The van der Waals surface area contributed by atoms with Gasteiger partial charge in [0.05, 0.1) is 12.5 Å². The Labute approximate surface area is 179 Å².